The minimum Gasteiger partial charge on any atom is -0.325 e. The first-order valence-electron chi connectivity index (χ1n) is 8.97. The molecule has 1 heterocycles. The molecule has 1 aliphatic heterocycles. The summed E-state index contributed by atoms with van der Waals surface area (Å²) >= 11 is 1.29. The van der Waals surface area contributed by atoms with E-state index in [0.29, 0.717) is 10.7 Å². The number of ketones is 1. The zero-order chi connectivity index (χ0) is 20.4. The van der Waals surface area contributed by atoms with Crippen LogP contribution >= 0.6 is 11.8 Å². The van der Waals surface area contributed by atoms with Crippen LogP contribution in [0.3, 0.4) is 0 Å². The van der Waals surface area contributed by atoms with E-state index in [-0.39, 0.29) is 35.3 Å². The van der Waals surface area contributed by atoms with Gasteiger partial charge in [0.1, 0.15) is 6.54 Å². The van der Waals surface area contributed by atoms with E-state index < -0.39 is 5.41 Å². The van der Waals surface area contributed by atoms with Crippen LogP contribution in [0.1, 0.15) is 47.1 Å². The number of rotatable bonds is 4. The number of amides is 2. The minimum absolute atomic E-state index is 0.0427. The monoisotopic (exact) mass is 388 g/mol. The minimum atomic E-state index is -0.526. The number of anilines is 1. The van der Waals surface area contributed by atoms with Gasteiger partial charge in [-0.25, -0.2) is 0 Å². The van der Waals surface area contributed by atoms with Crippen molar-refractivity contribution in [1.29, 1.82) is 0 Å². The Kier molecular flexibility index (Phi) is 6.20. The fraction of sp³-hybridized carbons (Fsp3) is 0.476. The van der Waals surface area contributed by atoms with Gasteiger partial charge in [-0.1, -0.05) is 65.4 Å². The first kappa shape index (κ1) is 21.2. The largest absolute Gasteiger partial charge is 0.325 e. The zero-order valence-corrected chi connectivity index (χ0v) is 17.7. The number of hydrogen-bond acceptors (Lipinski definition) is 4. The molecule has 0 aliphatic carbocycles. The Morgan fingerprint density at radius 3 is 2.22 bits per heavy atom. The van der Waals surface area contributed by atoms with E-state index in [0.717, 1.165) is 0 Å². The van der Waals surface area contributed by atoms with Crippen molar-refractivity contribution in [2.75, 3.05) is 17.6 Å². The van der Waals surface area contributed by atoms with Crippen molar-refractivity contribution in [3.05, 3.63) is 40.9 Å². The normalized spacial score (nSPS) is 16.7. The molecule has 1 aromatic rings. The highest BCUT2D eigenvalue weighted by atomic mass is 32.2. The van der Waals surface area contributed by atoms with E-state index in [1.165, 1.54) is 28.3 Å². The third-order valence-corrected chi connectivity index (χ3v) is 5.27. The Labute approximate surface area is 165 Å². The molecule has 1 N–H and O–H groups in total. The van der Waals surface area contributed by atoms with Gasteiger partial charge in [-0.15, -0.1) is 0 Å². The van der Waals surface area contributed by atoms with Crippen LogP contribution in [0, 0.1) is 5.41 Å². The summed E-state index contributed by atoms with van der Waals surface area (Å²) < 4.78 is 0. The van der Waals surface area contributed by atoms with Gasteiger partial charge in [-0.2, -0.15) is 0 Å². The predicted molar refractivity (Wildman–Crippen MR) is 110 cm³/mol. The molecule has 0 saturated carbocycles. The van der Waals surface area contributed by atoms with E-state index in [1.807, 2.05) is 45.0 Å². The van der Waals surface area contributed by atoms with Crippen LogP contribution < -0.4 is 5.32 Å². The van der Waals surface area contributed by atoms with Crippen molar-refractivity contribution in [2.24, 2.45) is 5.41 Å². The van der Waals surface area contributed by atoms with Gasteiger partial charge in [-0.3, -0.25) is 19.3 Å². The second kappa shape index (κ2) is 7.89. The summed E-state index contributed by atoms with van der Waals surface area (Å²) in [6.45, 7) is 11.8. The summed E-state index contributed by atoms with van der Waals surface area (Å²) in [6, 6.07) is 7.69. The van der Waals surface area contributed by atoms with Crippen LogP contribution in [0.15, 0.2) is 35.4 Å². The third kappa shape index (κ3) is 5.70. The van der Waals surface area contributed by atoms with Crippen molar-refractivity contribution in [2.45, 2.75) is 47.0 Å². The zero-order valence-electron chi connectivity index (χ0n) is 16.9. The number of thioether (sulfide) groups is 1. The Morgan fingerprint density at radius 1 is 1.11 bits per heavy atom. The molecule has 0 aromatic heterocycles. The lowest BCUT2D eigenvalue weighted by Gasteiger charge is -2.20. The maximum atomic E-state index is 12.4. The molecule has 0 radical (unpaired) electrons. The third-order valence-electron chi connectivity index (χ3n) is 4.24. The molecule has 2 amide bonds. The highest BCUT2D eigenvalue weighted by Crippen LogP contribution is 2.30. The van der Waals surface area contributed by atoms with Gasteiger partial charge in [0.2, 0.25) is 11.8 Å². The highest BCUT2D eigenvalue weighted by molar-refractivity contribution is 8.04. The van der Waals surface area contributed by atoms with Gasteiger partial charge in [0.15, 0.2) is 5.78 Å². The van der Waals surface area contributed by atoms with Crippen molar-refractivity contribution >= 4 is 35.0 Å². The van der Waals surface area contributed by atoms with Gasteiger partial charge in [0, 0.05) is 17.2 Å². The molecule has 1 aromatic carbocycles. The Hall–Kier alpha value is -2.08. The Bertz CT molecular complexity index is 768. The summed E-state index contributed by atoms with van der Waals surface area (Å²) in [4.78, 5) is 38.1. The number of carbonyl (C=O) groups is 3. The summed E-state index contributed by atoms with van der Waals surface area (Å²) in [7, 11) is 0. The summed E-state index contributed by atoms with van der Waals surface area (Å²) in [5.41, 5.74) is 1.38. The lowest BCUT2D eigenvalue weighted by atomic mass is 9.87. The lowest BCUT2D eigenvalue weighted by molar-refractivity contribution is -0.129. The van der Waals surface area contributed by atoms with Gasteiger partial charge in [-0.05, 0) is 23.1 Å². The van der Waals surface area contributed by atoms with E-state index in [2.05, 4.69) is 26.1 Å². The van der Waals surface area contributed by atoms with Gasteiger partial charge < -0.3 is 5.32 Å². The van der Waals surface area contributed by atoms with Crippen molar-refractivity contribution in [3.8, 4) is 0 Å². The number of allylic oxidation sites excluding steroid dienone is 1. The second-order valence-electron chi connectivity index (χ2n) is 8.74. The molecule has 0 unspecified atom stereocenters. The predicted octanol–water partition coefficient (Wildman–Crippen LogP) is 3.95. The smallest absolute Gasteiger partial charge is 0.244 e. The van der Waals surface area contributed by atoms with Gasteiger partial charge in [0.05, 0.1) is 10.8 Å². The Morgan fingerprint density at radius 2 is 1.70 bits per heavy atom. The van der Waals surface area contributed by atoms with E-state index in [9.17, 15) is 14.4 Å². The lowest BCUT2D eigenvalue weighted by Crippen LogP contribution is -2.34. The average Bonchev–Trinajstić information content (AvgIpc) is 2.86. The molecular weight excluding hydrogens is 360 g/mol. The van der Waals surface area contributed by atoms with Crippen molar-refractivity contribution < 1.29 is 14.4 Å². The quantitative estimate of drug-likeness (QED) is 0.793. The summed E-state index contributed by atoms with van der Waals surface area (Å²) in [6.07, 6.45) is 1.47. The molecule has 0 bridgehead atoms. The van der Waals surface area contributed by atoms with Crippen LogP contribution in [0.25, 0.3) is 0 Å². The van der Waals surface area contributed by atoms with Crippen LogP contribution in [0.5, 0.6) is 0 Å². The molecule has 27 heavy (non-hydrogen) atoms. The number of nitrogens with zero attached hydrogens (tertiary/aromatic N) is 1. The second-order valence-corrected chi connectivity index (χ2v) is 9.74. The summed E-state index contributed by atoms with van der Waals surface area (Å²) in [5.74, 6) is -0.269. The molecule has 0 spiro atoms. The van der Waals surface area contributed by atoms with E-state index in [4.69, 9.17) is 0 Å². The van der Waals surface area contributed by atoms with Crippen LogP contribution in [0.4, 0.5) is 5.69 Å². The summed E-state index contributed by atoms with van der Waals surface area (Å²) in [5, 5.41) is 3.36. The van der Waals surface area contributed by atoms with Crippen LogP contribution in [0.2, 0.25) is 0 Å². The van der Waals surface area contributed by atoms with Gasteiger partial charge >= 0.3 is 0 Å². The molecule has 1 aliphatic rings. The Balaban J connectivity index is 2.06. The van der Waals surface area contributed by atoms with Crippen LogP contribution in [-0.4, -0.2) is 34.8 Å². The van der Waals surface area contributed by atoms with E-state index >= 15 is 0 Å². The standard InChI is InChI=1S/C21H28N2O3S/c1-20(2,3)14-7-9-15(10-8-14)22-17(25)12-23-18(26)13-27-19(23)11-16(24)21(4,5)6/h7-11H,12-13H2,1-6H3,(H,22,25)/b19-11-. The maximum absolute atomic E-state index is 12.4. The maximum Gasteiger partial charge on any atom is 0.244 e. The molecule has 1 fully saturated rings. The molecule has 2 rings (SSSR count). The number of nitrogens with one attached hydrogen (secondary N) is 1. The molecule has 1 saturated heterocycles. The molecule has 6 heteroatoms. The van der Waals surface area contributed by atoms with Gasteiger partial charge in [0.25, 0.3) is 0 Å². The number of benzene rings is 1. The number of carbonyl (C=O) groups excluding carboxylic acids is 3. The average molecular weight is 389 g/mol. The molecule has 5 nitrogen and oxygen atoms in total. The molecule has 146 valence electrons. The molecule has 0 atom stereocenters. The SMILES string of the molecule is CC(C)(C)C(=O)/C=C1\SCC(=O)N1CC(=O)Nc1ccc(C(C)(C)C)cc1. The highest BCUT2D eigenvalue weighted by Gasteiger charge is 2.30. The van der Waals surface area contributed by atoms with E-state index in [1.54, 1.807) is 0 Å². The fourth-order valence-electron chi connectivity index (χ4n) is 2.43. The first-order chi connectivity index (χ1) is 12.4. The fourth-order valence-corrected chi connectivity index (χ4v) is 3.37. The number of hydrogen-bond donors (Lipinski definition) is 1. The van der Waals surface area contributed by atoms with Crippen molar-refractivity contribution in [3.63, 3.8) is 0 Å². The topological polar surface area (TPSA) is 66.5 Å². The molecular formula is C21H28N2O3S. The van der Waals surface area contributed by atoms with Crippen molar-refractivity contribution in [1.82, 2.24) is 4.90 Å². The first-order valence-corrected chi connectivity index (χ1v) is 9.96. The van der Waals surface area contributed by atoms with Crippen LogP contribution in [-0.2, 0) is 19.8 Å².